The largest absolute Gasteiger partial charge is 0.490 e. The van der Waals surface area contributed by atoms with E-state index in [9.17, 15) is 0 Å². The van der Waals surface area contributed by atoms with E-state index in [1.54, 1.807) is 6.20 Å². The van der Waals surface area contributed by atoms with Gasteiger partial charge in [-0.3, -0.25) is 4.68 Å². The molecule has 0 saturated heterocycles. The Balaban J connectivity index is 2.12. The SMILES string of the molecule is CCn1cc(OCCCCCN)cn1. The lowest BCUT2D eigenvalue weighted by Crippen LogP contribution is -2.01. The summed E-state index contributed by atoms with van der Waals surface area (Å²) in [6.07, 6.45) is 6.96. The normalized spacial score (nSPS) is 10.4. The quantitative estimate of drug-likeness (QED) is 0.672. The van der Waals surface area contributed by atoms with Crippen LogP contribution in [0.15, 0.2) is 12.4 Å². The fraction of sp³-hybridized carbons (Fsp3) is 0.700. The van der Waals surface area contributed by atoms with Gasteiger partial charge in [-0.2, -0.15) is 5.10 Å². The van der Waals surface area contributed by atoms with Crippen LogP contribution >= 0.6 is 0 Å². The number of rotatable bonds is 7. The molecule has 14 heavy (non-hydrogen) atoms. The van der Waals surface area contributed by atoms with Gasteiger partial charge in [0.1, 0.15) is 0 Å². The molecule has 0 aliphatic rings. The van der Waals surface area contributed by atoms with Crippen molar-refractivity contribution in [3.8, 4) is 5.75 Å². The van der Waals surface area contributed by atoms with Crippen LogP contribution in [0.4, 0.5) is 0 Å². The zero-order valence-electron chi connectivity index (χ0n) is 8.78. The molecular formula is C10H19N3O. The molecule has 0 aliphatic heterocycles. The van der Waals surface area contributed by atoms with Crippen LogP contribution < -0.4 is 10.5 Å². The summed E-state index contributed by atoms with van der Waals surface area (Å²) in [6, 6.07) is 0. The van der Waals surface area contributed by atoms with Crippen molar-refractivity contribution in [1.82, 2.24) is 9.78 Å². The highest BCUT2D eigenvalue weighted by molar-refractivity contribution is 5.11. The van der Waals surface area contributed by atoms with Crippen molar-refractivity contribution >= 4 is 0 Å². The molecular weight excluding hydrogens is 178 g/mol. The first kappa shape index (κ1) is 11.0. The maximum Gasteiger partial charge on any atom is 0.157 e. The molecule has 80 valence electrons. The minimum absolute atomic E-state index is 0.759. The van der Waals surface area contributed by atoms with Crippen molar-refractivity contribution in [2.75, 3.05) is 13.2 Å². The molecule has 1 aromatic rings. The van der Waals surface area contributed by atoms with Gasteiger partial charge >= 0.3 is 0 Å². The van der Waals surface area contributed by atoms with E-state index in [1.165, 1.54) is 0 Å². The predicted molar refractivity (Wildman–Crippen MR) is 56.3 cm³/mol. The molecule has 0 saturated carbocycles. The second-order valence-electron chi connectivity index (χ2n) is 3.23. The fourth-order valence-corrected chi connectivity index (χ4v) is 1.21. The van der Waals surface area contributed by atoms with Gasteiger partial charge in [0.25, 0.3) is 0 Å². The first-order valence-electron chi connectivity index (χ1n) is 5.22. The van der Waals surface area contributed by atoms with Crippen LogP contribution in [0.5, 0.6) is 5.75 Å². The van der Waals surface area contributed by atoms with E-state index in [0.29, 0.717) is 0 Å². The molecule has 0 aliphatic carbocycles. The molecule has 0 atom stereocenters. The molecule has 0 amide bonds. The van der Waals surface area contributed by atoms with Gasteiger partial charge in [-0.1, -0.05) is 0 Å². The average Bonchev–Trinajstić information content (AvgIpc) is 2.65. The molecule has 1 aromatic heterocycles. The van der Waals surface area contributed by atoms with E-state index >= 15 is 0 Å². The Hall–Kier alpha value is -1.03. The predicted octanol–water partition coefficient (Wildman–Crippen LogP) is 1.41. The van der Waals surface area contributed by atoms with Crippen molar-refractivity contribution in [3.05, 3.63) is 12.4 Å². The third-order valence-corrected chi connectivity index (χ3v) is 2.05. The second kappa shape index (κ2) is 6.43. The Kier molecular flexibility index (Phi) is 5.07. The average molecular weight is 197 g/mol. The van der Waals surface area contributed by atoms with Gasteiger partial charge < -0.3 is 10.5 Å². The van der Waals surface area contributed by atoms with Gasteiger partial charge in [0.15, 0.2) is 5.75 Å². The molecule has 0 aromatic carbocycles. The topological polar surface area (TPSA) is 53.1 Å². The van der Waals surface area contributed by atoms with Crippen LogP contribution in [0.3, 0.4) is 0 Å². The summed E-state index contributed by atoms with van der Waals surface area (Å²) in [5, 5.41) is 4.12. The number of aryl methyl sites for hydroxylation is 1. The lowest BCUT2D eigenvalue weighted by Gasteiger charge is -2.01. The van der Waals surface area contributed by atoms with E-state index in [1.807, 2.05) is 10.9 Å². The first-order valence-corrected chi connectivity index (χ1v) is 5.22. The number of aromatic nitrogens is 2. The van der Waals surface area contributed by atoms with Gasteiger partial charge in [-0.15, -0.1) is 0 Å². The lowest BCUT2D eigenvalue weighted by atomic mass is 10.2. The molecule has 0 spiro atoms. The third-order valence-electron chi connectivity index (χ3n) is 2.05. The second-order valence-corrected chi connectivity index (χ2v) is 3.23. The Morgan fingerprint density at radius 1 is 1.43 bits per heavy atom. The zero-order chi connectivity index (χ0) is 10.2. The molecule has 0 radical (unpaired) electrons. The summed E-state index contributed by atoms with van der Waals surface area (Å²) in [7, 11) is 0. The smallest absolute Gasteiger partial charge is 0.157 e. The van der Waals surface area contributed by atoms with Crippen molar-refractivity contribution in [2.24, 2.45) is 5.73 Å². The van der Waals surface area contributed by atoms with Crippen molar-refractivity contribution in [1.29, 1.82) is 0 Å². The third kappa shape index (κ3) is 3.79. The van der Waals surface area contributed by atoms with Gasteiger partial charge in [-0.05, 0) is 32.7 Å². The Morgan fingerprint density at radius 3 is 2.93 bits per heavy atom. The van der Waals surface area contributed by atoms with Gasteiger partial charge in [0, 0.05) is 6.54 Å². The maximum absolute atomic E-state index is 5.51. The summed E-state index contributed by atoms with van der Waals surface area (Å²) in [5.41, 5.74) is 5.39. The van der Waals surface area contributed by atoms with Crippen LogP contribution in [-0.2, 0) is 6.54 Å². The van der Waals surface area contributed by atoms with Crippen LogP contribution in [0.1, 0.15) is 26.2 Å². The molecule has 2 N–H and O–H groups in total. The number of ether oxygens (including phenoxy) is 1. The van der Waals surface area contributed by atoms with E-state index in [0.717, 1.165) is 44.7 Å². The molecule has 4 nitrogen and oxygen atoms in total. The number of nitrogens with zero attached hydrogens (tertiary/aromatic N) is 2. The number of unbranched alkanes of at least 4 members (excludes halogenated alkanes) is 2. The molecule has 0 unspecified atom stereocenters. The minimum Gasteiger partial charge on any atom is -0.490 e. The van der Waals surface area contributed by atoms with E-state index in [2.05, 4.69) is 12.0 Å². The minimum atomic E-state index is 0.759. The van der Waals surface area contributed by atoms with E-state index < -0.39 is 0 Å². The van der Waals surface area contributed by atoms with Crippen LogP contribution in [0.2, 0.25) is 0 Å². The van der Waals surface area contributed by atoms with Crippen LogP contribution in [0.25, 0.3) is 0 Å². The fourth-order valence-electron chi connectivity index (χ4n) is 1.21. The first-order chi connectivity index (χ1) is 6.86. The van der Waals surface area contributed by atoms with Crippen LogP contribution in [-0.4, -0.2) is 22.9 Å². The Morgan fingerprint density at radius 2 is 2.29 bits per heavy atom. The number of hydrogen-bond acceptors (Lipinski definition) is 3. The van der Waals surface area contributed by atoms with Crippen molar-refractivity contribution in [2.45, 2.75) is 32.7 Å². The van der Waals surface area contributed by atoms with E-state index in [-0.39, 0.29) is 0 Å². The van der Waals surface area contributed by atoms with Crippen molar-refractivity contribution < 1.29 is 4.74 Å². The monoisotopic (exact) mass is 197 g/mol. The standard InChI is InChI=1S/C10H19N3O/c1-2-13-9-10(8-12-13)14-7-5-3-4-6-11/h8-9H,2-7,11H2,1H3. The molecule has 0 bridgehead atoms. The molecule has 4 heteroatoms. The van der Waals surface area contributed by atoms with Gasteiger partial charge in [0.2, 0.25) is 0 Å². The maximum atomic E-state index is 5.51. The number of hydrogen-bond donors (Lipinski definition) is 1. The molecule has 0 fully saturated rings. The summed E-state index contributed by atoms with van der Waals surface area (Å²) < 4.78 is 7.37. The highest BCUT2D eigenvalue weighted by Gasteiger charge is 1.97. The Labute approximate surface area is 85.0 Å². The highest BCUT2D eigenvalue weighted by Crippen LogP contribution is 2.08. The van der Waals surface area contributed by atoms with Crippen molar-refractivity contribution in [3.63, 3.8) is 0 Å². The number of nitrogens with two attached hydrogens (primary N) is 1. The van der Waals surface area contributed by atoms with E-state index in [4.69, 9.17) is 10.5 Å². The summed E-state index contributed by atoms with van der Waals surface area (Å²) in [6.45, 7) is 4.47. The van der Waals surface area contributed by atoms with Crippen LogP contribution in [0, 0.1) is 0 Å². The lowest BCUT2D eigenvalue weighted by molar-refractivity contribution is 0.305. The summed E-state index contributed by atoms with van der Waals surface area (Å²) in [4.78, 5) is 0. The summed E-state index contributed by atoms with van der Waals surface area (Å²) >= 11 is 0. The zero-order valence-corrected chi connectivity index (χ0v) is 8.78. The molecule has 1 heterocycles. The summed E-state index contributed by atoms with van der Waals surface area (Å²) in [5.74, 6) is 0.861. The molecule has 1 rings (SSSR count). The van der Waals surface area contributed by atoms with Gasteiger partial charge in [-0.25, -0.2) is 0 Å². The highest BCUT2D eigenvalue weighted by atomic mass is 16.5. The van der Waals surface area contributed by atoms with Gasteiger partial charge in [0.05, 0.1) is 19.0 Å². The Bertz CT molecular complexity index is 247.